The zero-order valence-electron chi connectivity index (χ0n) is 32.7. The van der Waals surface area contributed by atoms with E-state index >= 15 is 0 Å². The summed E-state index contributed by atoms with van der Waals surface area (Å²) in [4.78, 5) is 0. The highest BCUT2D eigenvalue weighted by Gasteiger charge is 2.47. The van der Waals surface area contributed by atoms with E-state index < -0.39 is 5.41 Å². The van der Waals surface area contributed by atoms with Gasteiger partial charge in [0.25, 0.3) is 0 Å². The number of hydrogen-bond acceptors (Lipinski definition) is 1. The van der Waals surface area contributed by atoms with E-state index in [2.05, 4.69) is 172 Å². The van der Waals surface area contributed by atoms with Gasteiger partial charge in [-0.15, -0.1) is 6.58 Å². The number of benzene rings is 6. The van der Waals surface area contributed by atoms with E-state index in [-0.39, 0.29) is 0 Å². The minimum Gasteiger partial charge on any atom is -0.405 e. The standard InChI is InChI=1S/C55H51N/c1-5-16-38(2)39(3)31-41(18-12-13-30-56)32-42-19-14-24-44(33-42)45-25-15-26-46(34-45)49-28-29-53-50(36-49)51-35-47-22-8-9-23-48(47)37-54(51)55(53)40(4)17-6-7-20-43-21-10-11-27-52(43)55/h5-6,8-15,17-19,21-30,32-39H,1,4,7,16,20,31,56H2,2-3H3/b17-6-,18-12-,30-13-,41-32-. The fraction of sp³-hybridized carbons (Fsp3) is 0.164. The van der Waals surface area contributed by atoms with E-state index in [0.717, 1.165) is 31.3 Å². The molecule has 1 heteroatoms. The Balaban J connectivity index is 1.21. The maximum Gasteiger partial charge on any atom is 0.0710 e. The van der Waals surface area contributed by atoms with E-state index in [1.165, 1.54) is 77.5 Å². The fourth-order valence-electron chi connectivity index (χ4n) is 9.08. The molecule has 0 amide bonds. The van der Waals surface area contributed by atoms with E-state index in [1.54, 1.807) is 6.20 Å². The lowest BCUT2D eigenvalue weighted by atomic mass is 9.65. The summed E-state index contributed by atoms with van der Waals surface area (Å²) in [5.41, 5.74) is 21.6. The molecule has 0 bridgehead atoms. The number of rotatable bonds is 10. The molecule has 3 atom stereocenters. The fourth-order valence-corrected chi connectivity index (χ4v) is 9.08. The largest absolute Gasteiger partial charge is 0.405 e. The third-order valence-electron chi connectivity index (χ3n) is 12.2. The Hall–Kier alpha value is -6.18. The molecule has 0 aliphatic heterocycles. The number of aryl methyl sites for hydroxylation is 1. The molecule has 1 spiro atoms. The Kier molecular flexibility index (Phi) is 10.4. The topological polar surface area (TPSA) is 26.0 Å². The van der Waals surface area contributed by atoms with Crippen LogP contribution in [0.1, 0.15) is 60.9 Å². The Morgan fingerprint density at radius 1 is 0.696 bits per heavy atom. The maximum atomic E-state index is 5.66. The second-order valence-corrected chi connectivity index (χ2v) is 15.7. The van der Waals surface area contributed by atoms with Crippen LogP contribution in [0.3, 0.4) is 0 Å². The van der Waals surface area contributed by atoms with E-state index in [4.69, 9.17) is 12.3 Å². The summed E-state index contributed by atoms with van der Waals surface area (Å²) in [6, 6.07) is 47.7. The van der Waals surface area contributed by atoms with Gasteiger partial charge in [0.05, 0.1) is 5.41 Å². The van der Waals surface area contributed by atoms with Crippen molar-refractivity contribution < 1.29 is 0 Å². The number of hydrogen-bond donors (Lipinski definition) is 1. The molecule has 0 saturated carbocycles. The van der Waals surface area contributed by atoms with Crippen LogP contribution in [0, 0.1) is 11.8 Å². The van der Waals surface area contributed by atoms with Gasteiger partial charge in [-0.3, -0.25) is 0 Å². The third kappa shape index (κ3) is 6.84. The highest BCUT2D eigenvalue weighted by atomic mass is 14.5. The molecule has 0 radical (unpaired) electrons. The summed E-state index contributed by atoms with van der Waals surface area (Å²) in [5.74, 6) is 1.08. The molecule has 0 heterocycles. The van der Waals surface area contributed by atoms with Crippen molar-refractivity contribution >= 4 is 16.8 Å². The van der Waals surface area contributed by atoms with E-state index in [9.17, 15) is 0 Å². The maximum absolute atomic E-state index is 5.66. The molecule has 0 aromatic heterocycles. The highest BCUT2D eigenvalue weighted by molar-refractivity contribution is 5.97. The van der Waals surface area contributed by atoms with Gasteiger partial charge in [-0.2, -0.15) is 0 Å². The van der Waals surface area contributed by atoms with Crippen molar-refractivity contribution in [1.82, 2.24) is 0 Å². The molecular weight excluding hydrogens is 675 g/mol. The molecule has 2 N–H and O–H groups in total. The first-order chi connectivity index (χ1) is 27.4. The van der Waals surface area contributed by atoms with Crippen molar-refractivity contribution in [3.8, 4) is 33.4 Å². The van der Waals surface area contributed by atoms with Crippen LogP contribution < -0.4 is 5.73 Å². The van der Waals surface area contributed by atoms with E-state index in [1.807, 2.05) is 18.2 Å². The minimum absolute atomic E-state index is 0.466. The van der Waals surface area contributed by atoms with Crippen molar-refractivity contribution in [3.05, 3.63) is 222 Å². The summed E-state index contributed by atoms with van der Waals surface area (Å²) in [6.45, 7) is 13.4. The molecule has 1 nitrogen and oxygen atoms in total. The lowest BCUT2D eigenvalue weighted by Gasteiger charge is -2.36. The van der Waals surface area contributed by atoms with Crippen molar-refractivity contribution in [1.29, 1.82) is 0 Å². The van der Waals surface area contributed by atoms with Gasteiger partial charge < -0.3 is 5.73 Å². The van der Waals surface area contributed by atoms with Crippen LogP contribution in [0.2, 0.25) is 0 Å². The molecule has 6 aromatic carbocycles. The minimum atomic E-state index is -0.466. The molecule has 3 unspecified atom stereocenters. The van der Waals surface area contributed by atoms with Crippen LogP contribution in [0.25, 0.3) is 50.2 Å². The Morgan fingerprint density at radius 3 is 2.18 bits per heavy atom. The van der Waals surface area contributed by atoms with Crippen LogP contribution >= 0.6 is 0 Å². The average Bonchev–Trinajstić information content (AvgIpc) is 3.50. The second kappa shape index (κ2) is 15.9. The third-order valence-corrected chi connectivity index (χ3v) is 12.2. The quantitative estimate of drug-likeness (QED) is 0.110. The lowest BCUT2D eigenvalue weighted by Crippen LogP contribution is -2.30. The summed E-state index contributed by atoms with van der Waals surface area (Å²) >= 11 is 0. The average molecular weight is 726 g/mol. The Labute approximate surface area is 333 Å². The SMILES string of the molecule is C=CCC(C)C(C)CC(/C=C\C=C/N)=C\c1cccc(-c2cccc(-c3ccc4c(c3)-c3cc5ccccc5cc3C43C(=C)/C=C\CCc4ccccc43)c2)c1. The predicted octanol–water partition coefficient (Wildman–Crippen LogP) is 14.2. The lowest BCUT2D eigenvalue weighted by molar-refractivity contribution is 0.391. The van der Waals surface area contributed by atoms with Crippen LogP contribution in [0.5, 0.6) is 0 Å². The summed E-state index contributed by atoms with van der Waals surface area (Å²) < 4.78 is 0. The molecule has 56 heavy (non-hydrogen) atoms. The van der Waals surface area contributed by atoms with Gasteiger partial charge >= 0.3 is 0 Å². The molecule has 8 rings (SSSR count). The van der Waals surface area contributed by atoms with Gasteiger partial charge in [-0.1, -0.05) is 154 Å². The Morgan fingerprint density at radius 2 is 1.39 bits per heavy atom. The van der Waals surface area contributed by atoms with Gasteiger partial charge in [0, 0.05) is 0 Å². The van der Waals surface area contributed by atoms with Gasteiger partial charge in [0.2, 0.25) is 0 Å². The number of allylic oxidation sites excluding steroid dienone is 8. The number of fused-ring (bicyclic) bond motifs is 8. The van der Waals surface area contributed by atoms with Crippen LogP contribution in [-0.2, 0) is 11.8 Å². The first-order valence-electron chi connectivity index (χ1n) is 20.1. The highest BCUT2D eigenvalue weighted by Crippen LogP contribution is 2.58. The molecule has 6 aromatic rings. The first kappa shape index (κ1) is 36.8. The van der Waals surface area contributed by atoms with Crippen LogP contribution in [0.4, 0.5) is 0 Å². The summed E-state index contributed by atoms with van der Waals surface area (Å²) in [7, 11) is 0. The Bertz CT molecular complexity index is 2570. The normalized spacial score (nSPS) is 18.0. The zero-order chi connectivity index (χ0) is 38.6. The summed E-state index contributed by atoms with van der Waals surface area (Å²) in [6.07, 6.45) is 20.7. The van der Waals surface area contributed by atoms with Crippen LogP contribution in [0.15, 0.2) is 194 Å². The zero-order valence-corrected chi connectivity index (χ0v) is 32.7. The molecule has 2 aliphatic rings. The molecule has 0 fully saturated rings. The van der Waals surface area contributed by atoms with E-state index in [0.29, 0.717) is 11.8 Å². The molecule has 2 aliphatic carbocycles. The van der Waals surface area contributed by atoms with Crippen molar-refractivity contribution in [2.24, 2.45) is 17.6 Å². The smallest absolute Gasteiger partial charge is 0.0710 e. The van der Waals surface area contributed by atoms with Crippen molar-refractivity contribution in [3.63, 3.8) is 0 Å². The van der Waals surface area contributed by atoms with Gasteiger partial charge in [0.15, 0.2) is 0 Å². The first-order valence-corrected chi connectivity index (χ1v) is 20.1. The summed E-state index contributed by atoms with van der Waals surface area (Å²) in [5, 5.41) is 2.51. The number of nitrogens with two attached hydrogens (primary N) is 1. The second-order valence-electron chi connectivity index (χ2n) is 15.7. The van der Waals surface area contributed by atoms with Crippen molar-refractivity contribution in [2.45, 2.75) is 44.9 Å². The molecule has 0 saturated heterocycles. The monoisotopic (exact) mass is 725 g/mol. The van der Waals surface area contributed by atoms with Crippen molar-refractivity contribution in [2.75, 3.05) is 0 Å². The molecular formula is C55H51N. The molecule has 276 valence electrons. The van der Waals surface area contributed by atoms with Crippen LogP contribution in [-0.4, -0.2) is 0 Å². The predicted molar refractivity (Wildman–Crippen MR) is 241 cm³/mol. The van der Waals surface area contributed by atoms with Gasteiger partial charge in [0.1, 0.15) is 0 Å². The van der Waals surface area contributed by atoms with Gasteiger partial charge in [-0.25, -0.2) is 0 Å². The van der Waals surface area contributed by atoms with Gasteiger partial charge in [-0.05, 0) is 163 Å².